The van der Waals surface area contributed by atoms with Crippen molar-refractivity contribution in [3.05, 3.63) is 305 Å². The number of furan rings is 2. The smallest absolute Gasteiger partial charge is 0.159 e. The minimum Gasteiger partial charge on any atom is -0.456 e. The lowest BCUT2D eigenvalue weighted by Gasteiger charge is -2.34. The lowest BCUT2D eigenvalue weighted by Crippen LogP contribution is -2.28. The molecule has 0 fully saturated rings. The molecule has 0 atom stereocenters. The van der Waals surface area contributed by atoms with Crippen LogP contribution in [-0.4, -0.2) is 0 Å². The molecule has 0 aliphatic heterocycles. The fourth-order valence-electron chi connectivity index (χ4n) is 12.8. The van der Waals surface area contributed by atoms with E-state index in [0.29, 0.717) is 0 Å². The summed E-state index contributed by atoms with van der Waals surface area (Å²) in [7, 11) is 0. The van der Waals surface area contributed by atoms with Gasteiger partial charge < -0.3 is 13.7 Å². The second-order valence-electron chi connectivity index (χ2n) is 19.0. The van der Waals surface area contributed by atoms with Gasteiger partial charge in [-0.1, -0.05) is 218 Å². The van der Waals surface area contributed by atoms with Crippen molar-refractivity contribution in [2.24, 2.45) is 0 Å². The Morgan fingerprint density at radius 1 is 0.268 bits per heavy atom. The van der Waals surface area contributed by atoms with E-state index in [0.717, 1.165) is 66.5 Å². The Morgan fingerprint density at radius 3 is 1.35 bits per heavy atom. The van der Waals surface area contributed by atoms with E-state index in [1.165, 1.54) is 61.2 Å². The first kappa shape index (κ1) is 39.8. The Kier molecular flexibility index (Phi) is 8.49. The highest BCUT2D eigenvalue weighted by Crippen LogP contribution is 2.59. The molecule has 13 aromatic rings. The first-order valence-corrected chi connectivity index (χ1v) is 24.5. The van der Waals surface area contributed by atoms with E-state index < -0.39 is 10.8 Å². The van der Waals surface area contributed by atoms with E-state index in [9.17, 15) is 0 Å². The molecule has 0 saturated heterocycles. The lowest BCUT2D eigenvalue weighted by atomic mass is 9.67. The van der Waals surface area contributed by atoms with Crippen LogP contribution in [0.25, 0.3) is 66.1 Å². The molecule has 0 spiro atoms. The highest BCUT2D eigenvalue weighted by molar-refractivity contribution is 6.12. The highest BCUT2D eigenvalue weighted by Gasteiger charge is 2.48. The normalized spacial score (nSPS) is 13.9. The molecule has 3 heteroatoms. The van der Waals surface area contributed by atoms with Crippen LogP contribution in [0.15, 0.2) is 270 Å². The summed E-state index contributed by atoms with van der Waals surface area (Å²) in [6, 6.07) is 95.0. The third kappa shape index (κ3) is 5.43. The molecule has 15 rings (SSSR count). The molecule has 0 unspecified atom stereocenters. The number of nitrogens with zero attached hydrogens (tertiary/aromatic N) is 1. The average Bonchev–Trinajstić information content (AvgIpc) is 4.18. The largest absolute Gasteiger partial charge is 0.456 e. The third-order valence-corrected chi connectivity index (χ3v) is 15.6. The molecular formula is C68H43NO2. The van der Waals surface area contributed by atoms with Crippen molar-refractivity contribution in [2.45, 2.75) is 10.8 Å². The van der Waals surface area contributed by atoms with Gasteiger partial charge in [0, 0.05) is 38.9 Å². The molecule has 332 valence electrons. The van der Waals surface area contributed by atoms with Crippen molar-refractivity contribution in [3.63, 3.8) is 0 Å². The van der Waals surface area contributed by atoms with Crippen LogP contribution in [0.3, 0.4) is 0 Å². The number of hydrogen-bond donors (Lipinski definition) is 0. The van der Waals surface area contributed by atoms with E-state index in [2.05, 4.69) is 260 Å². The predicted octanol–water partition coefficient (Wildman–Crippen LogP) is 17.7. The van der Waals surface area contributed by atoms with E-state index in [1.807, 2.05) is 6.07 Å². The molecule has 2 aromatic heterocycles. The van der Waals surface area contributed by atoms with Crippen LogP contribution in [-0.2, 0) is 10.8 Å². The maximum atomic E-state index is 7.39. The predicted molar refractivity (Wildman–Crippen MR) is 290 cm³/mol. The monoisotopic (exact) mass is 905 g/mol. The fraction of sp³-hybridized carbons (Fsp3) is 0.0294. The number of para-hydroxylation sites is 3. The standard InChI is InChI=1S/C68H43NO2/c1-4-20-44(21-5-1)67(45-22-6-2-7-23-45)57-32-14-10-28-51(57)52-40-38-47(42-61(52)67)69(62-36-19-31-56-53-29-13-17-37-63(53)70-66(56)62)48-39-41-54-55-30-18-35-60(65(55)71-64(54)43-48)68(46-24-8-3-9-25-46)58-33-15-11-26-49(58)50-27-12-16-34-59(50)68/h1-43H. The third-order valence-electron chi connectivity index (χ3n) is 15.6. The lowest BCUT2D eigenvalue weighted by molar-refractivity contribution is 0.648. The van der Waals surface area contributed by atoms with E-state index >= 15 is 0 Å². The summed E-state index contributed by atoms with van der Waals surface area (Å²) < 4.78 is 14.3. The van der Waals surface area contributed by atoms with Crippen LogP contribution in [0.5, 0.6) is 0 Å². The molecule has 0 bridgehead atoms. The number of fused-ring (bicyclic) bond motifs is 12. The molecule has 2 aliphatic rings. The van der Waals surface area contributed by atoms with Gasteiger partial charge in [0.15, 0.2) is 5.58 Å². The van der Waals surface area contributed by atoms with Gasteiger partial charge in [-0.05, 0) is 97.6 Å². The van der Waals surface area contributed by atoms with Crippen LogP contribution in [0, 0.1) is 0 Å². The van der Waals surface area contributed by atoms with E-state index in [-0.39, 0.29) is 0 Å². The number of benzene rings is 11. The van der Waals surface area contributed by atoms with Gasteiger partial charge in [-0.2, -0.15) is 0 Å². The van der Waals surface area contributed by atoms with E-state index in [1.54, 1.807) is 0 Å². The molecule has 11 aromatic carbocycles. The minimum atomic E-state index is -0.611. The van der Waals surface area contributed by atoms with Crippen LogP contribution in [0.4, 0.5) is 17.1 Å². The highest BCUT2D eigenvalue weighted by atomic mass is 16.3. The van der Waals surface area contributed by atoms with Crippen molar-refractivity contribution >= 4 is 60.9 Å². The Morgan fingerprint density at radius 2 is 0.704 bits per heavy atom. The Bertz CT molecular complexity index is 4160. The first-order valence-electron chi connectivity index (χ1n) is 24.5. The molecular weight excluding hydrogens is 863 g/mol. The summed E-state index contributed by atoms with van der Waals surface area (Å²) >= 11 is 0. The number of anilines is 3. The van der Waals surface area contributed by atoms with Crippen molar-refractivity contribution in [1.29, 1.82) is 0 Å². The Balaban J connectivity index is 0.994. The van der Waals surface area contributed by atoms with Crippen molar-refractivity contribution in [1.82, 2.24) is 0 Å². The average molecular weight is 906 g/mol. The topological polar surface area (TPSA) is 29.5 Å². The fourth-order valence-corrected chi connectivity index (χ4v) is 12.8. The van der Waals surface area contributed by atoms with Crippen LogP contribution in [0.1, 0.15) is 44.5 Å². The maximum Gasteiger partial charge on any atom is 0.159 e. The summed E-state index contributed by atoms with van der Waals surface area (Å²) in [5.41, 5.74) is 19.9. The van der Waals surface area contributed by atoms with Gasteiger partial charge in [-0.15, -0.1) is 0 Å². The summed E-state index contributed by atoms with van der Waals surface area (Å²) in [4.78, 5) is 2.37. The molecule has 0 saturated carbocycles. The van der Waals surface area contributed by atoms with Crippen molar-refractivity contribution < 1.29 is 8.83 Å². The second kappa shape index (κ2) is 15.2. The zero-order chi connectivity index (χ0) is 46.7. The number of rotatable bonds is 7. The van der Waals surface area contributed by atoms with Crippen molar-refractivity contribution in [3.8, 4) is 22.3 Å². The van der Waals surface area contributed by atoms with Crippen LogP contribution in [0.2, 0.25) is 0 Å². The van der Waals surface area contributed by atoms with Gasteiger partial charge in [0.05, 0.1) is 22.2 Å². The summed E-state index contributed by atoms with van der Waals surface area (Å²) in [6.07, 6.45) is 0. The van der Waals surface area contributed by atoms with Gasteiger partial charge in [0.25, 0.3) is 0 Å². The quantitative estimate of drug-likeness (QED) is 0.160. The molecule has 0 N–H and O–H groups in total. The molecule has 71 heavy (non-hydrogen) atoms. The Labute approximate surface area is 411 Å². The van der Waals surface area contributed by atoms with Gasteiger partial charge in [-0.3, -0.25) is 0 Å². The van der Waals surface area contributed by atoms with Gasteiger partial charge in [0.1, 0.15) is 16.7 Å². The van der Waals surface area contributed by atoms with Crippen LogP contribution >= 0.6 is 0 Å². The molecule has 2 heterocycles. The van der Waals surface area contributed by atoms with E-state index in [4.69, 9.17) is 8.83 Å². The minimum absolute atomic E-state index is 0.577. The van der Waals surface area contributed by atoms with Crippen LogP contribution < -0.4 is 4.90 Å². The first-order chi connectivity index (χ1) is 35.2. The zero-order valence-corrected chi connectivity index (χ0v) is 38.6. The van der Waals surface area contributed by atoms with Gasteiger partial charge >= 0.3 is 0 Å². The van der Waals surface area contributed by atoms with Crippen molar-refractivity contribution in [2.75, 3.05) is 4.90 Å². The Hall–Kier alpha value is -9.18. The number of hydrogen-bond acceptors (Lipinski definition) is 3. The van der Waals surface area contributed by atoms with Gasteiger partial charge in [-0.25, -0.2) is 0 Å². The summed E-state index contributed by atoms with van der Waals surface area (Å²) in [5, 5.41) is 4.30. The summed E-state index contributed by atoms with van der Waals surface area (Å²) in [5.74, 6) is 0. The maximum absolute atomic E-state index is 7.39. The SMILES string of the molecule is c1ccc(C2(c3ccccc3)c3ccccc3-c3ccc(N(c4ccc5c(c4)oc4c(C6(c7ccccc7)c7ccccc7-c7ccccc76)cccc45)c4cccc5c4oc4ccccc45)cc32)cc1. The second-order valence-corrected chi connectivity index (χ2v) is 19.0. The molecule has 3 nitrogen and oxygen atoms in total. The molecule has 0 amide bonds. The zero-order valence-electron chi connectivity index (χ0n) is 38.6. The molecule has 0 radical (unpaired) electrons. The molecule has 2 aliphatic carbocycles. The summed E-state index contributed by atoms with van der Waals surface area (Å²) in [6.45, 7) is 0. The van der Waals surface area contributed by atoms with Gasteiger partial charge in [0.2, 0.25) is 0 Å².